The van der Waals surface area contributed by atoms with Crippen molar-refractivity contribution in [1.82, 2.24) is 9.13 Å². The highest BCUT2D eigenvalue weighted by Crippen LogP contribution is 2.66. The lowest BCUT2D eigenvalue weighted by molar-refractivity contribution is -0.0229. The maximum Gasteiger partial charge on any atom is 0.490 e. The molecule has 6 N–H and O–H groups in total. The van der Waals surface area contributed by atoms with E-state index in [1.54, 1.807) is 0 Å². The summed E-state index contributed by atoms with van der Waals surface area (Å²) in [5.74, 6) is 0. The smallest absolute Gasteiger partial charge is 0.387 e. The maximum atomic E-state index is 12.3. The molecule has 6 atom stereocenters. The van der Waals surface area contributed by atoms with E-state index in [-0.39, 0.29) is 5.56 Å². The average Bonchev–Trinajstić information content (AvgIpc) is 2.86. The molecule has 178 valence electrons. The van der Waals surface area contributed by atoms with Gasteiger partial charge in [0, 0.05) is 20.3 Å². The van der Waals surface area contributed by atoms with Crippen LogP contribution in [-0.4, -0.2) is 63.8 Å². The molecule has 1 aromatic rings. The first-order valence-corrected chi connectivity index (χ1v) is 12.5. The Kier molecular flexibility index (Phi) is 7.68. The standard InChI is InChI=1S/C11H19N2O15P3/c1-12-3-5(10(16)13(2)11(12)17)9-8(15)7(14)6(26-9)4-25-30(21,22)28-31(23,24)27-29(18,19)20/h3,6-9,14-15H,4H2,1-2H3,(H,21,22)(H,23,24)(H2,18,19,20)/t6-,7?,8+,9+/m1/s1. The fourth-order valence-electron chi connectivity index (χ4n) is 2.65. The van der Waals surface area contributed by atoms with E-state index in [0.29, 0.717) is 0 Å². The minimum atomic E-state index is -5.74. The minimum absolute atomic E-state index is 0.225. The molecule has 31 heavy (non-hydrogen) atoms. The second-order valence-electron chi connectivity index (χ2n) is 6.31. The van der Waals surface area contributed by atoms with Crippen LogP contribution in [0.5, 0.6) is 0 Å². The van der Waals surface area contributed by atoms with Crippen LogP contribution >= 0.6 is 23.5 Å². The molecule has 1 aliphatic rings. The van der Waals surface area contributed by atoms with Crippen molar-refractivity contribution in [3.8, 4) is 0 Å². The first-order chi connectivity index (χ1) is 13.9. The molecule has 1 aromatic heterocycles. The molecule has 0 aromatic carbocycles. The van der Waals surface area contributed by atoms with Gasteiger partial charge in [-0.3, -0.25) is 13.9 Å². The molecule has 0 aliphatic carbocycles. The fourth-order valence-corrected chi connectivity index (χ4v) is 5.68. The summed E-state index contributed by atoms with van der Waals surface area (Å²) in [5, 5.41) is 20.3. The van der Waals surface area contributed by atoms with Crippen LogP contribution in [0, 0.1) is 0 Å². The minimum Gasteiger partial charge on any atom is -0.387 e. The molecule has 3 unspecified atom stereocenters. The van der Waals surface area contributed by atoms with Crippen molar-refractivity contribution in [2.24, 2.45) is 14.1 Å². The van der Waals surface area contributed by atoms with Gasteiger partial charge in [0.25, 0.3) is 5.56 Å². The molecule has 2 rings (SSSR count). The Hall–Kier alpha value is -1.03. The summed E-state index contributed by atoms with van der Waals surface area (Å²) in [6.45, 7) is -1.04. The molecule has 0 saturated carbocycles. The molecule has 20 heteroatoms. The number of aliphatic hydroxyl groups is 2. The largest absolute Gasteiger partial charge is 0.490 e. The molecule has 2 heterocycles. The highest BCUT2D eigenvalue weighted by molar-refractivity contribution is 7.66. The van der Waals surface area contributed by atoms with Gasteiger partial charge in [0.05, 0.1) is 12.2 Å². The Bertz CT molecular complexity index is 1090. The molecular formula is C11H19N2O15P3. The predicted molar refractivity (Wildman–Crippen MR) is 96.4 cm³/mol. The van der Waals surface area contributed by atoms with Crippen LogP contribution in [0.4, 0.5) is 0 Å². The van der Waals surface area contributed by atoms with E-state index in [1.165, 1.54) is 14.1 Å². The zero-order chi connectivity index (χ0) is 23.9. The normalized spacial score (nSPS) is 28.3. The van der Waals surface area contributed by atoms with Crippen molar-refractivity contribution in [3.05, 3.63) is 32.6 Å². The van der Waals surface area contributed by atoms with Gasteiger partial charge >= 0.3 is 29.2 Å². The Morgan fingerprint density at radius 2 is 1.58 bits per heavy atom. The van der Waals surface area contributed by atoms with Gasteiger partial charge in [0.1, 0.15) is 24.4 Å². The van der Waals surface area contributed by atoms with Gasteiger partial charge in [-0.1, -0.05) is 0 Å². The second-order valence-corrected chi connectivity index (χ2v) is 10.7. The first kappa shape index (κ1) is 26.2. The van der Waals surface area contributed by atoms with E-state index in [2.05, 4.69) is 13.1 Å². The number of hydrogen-bond acceptors (Lipinski definition) is 11. The van der Waals surface area contributed by atoms with Crippen LogP contribution in [0.15, 0.2) is 15.8 Å². The summed E-state index contributed by atoms with van der Waals surface area (Å²) in [7, 11) is -14.3. The summed E-state index contributed by atoms with van der Waals surface area (Å²) < 4.78 is 52.1. The van der Waals surface area contributed by atoms with Crippen molar-refractivity contribution >= 4 is 23.5 Å². The summed E-state index contributed by atoms with van der Waals surface area (Å²) >= 11 is 0. The number of ether oxygens (including phenoxy) is 1. The highest BCUT2D eigenvalue weighted by atomic mass is 31.3. The molecule has 0 spiro atoms. The number of aromatic nitrogens is 2. The van der Waals surface area contributed by atoms with Gasteiger partial charge in [-0.25, -0.2) is 18.5 Å². The van der Waals surface area contributed by atoms with Gasteiger partial charge in [0.15, 0.2) is 0 Å². The third-order valence-electron chi connectivity index (χ3n) is 3.96. The molecule has 17 nitrogen and oxygen atoms in total. The quantitative estimate of drug-likeness (QED) is 0.198. The molecule has 1 fully saturated rings. The zero-order valence-electron chi connectivity index (χ0n) is 15.7. The van der Waals surface area contributed by atoms with Crippen molar-refractivity contribution in [1.29, 1.82) is 0 Å². The number of hydrogen-bond donors (Lipinski definition) is 6. The first-order valence-electron chi connectivity index (χ1n) is 8.00. The third kappa shape index (κ3) is 6.49. The maximum absolute atomic E-state index is 12.3. The molecule has 0 bridgehead atoms. The Morgan fingerprint density at radius 3 is 2.13 bits per heavy atom. The number of phosphoric acid groups is 3. The van der Waals surface area contributed by atoms with Crippen LogP contribution in [0.3, 0.4) is 0 Å². The summed E-state index contributed by atoms with van der Waals surface area (Å²) in [4.78, 5) is 59.5. The van der Waals surface area contributed by atoms with Crippen LogP contribution in [0.1, 0.15) is 11.7 Å². The van der Waals surface area contributed by atoms with Gasteiger partial charge in [-0.15, -0.1) is 0 Å². The van der Waals surface area contributed by atoms with Crippen LogP contribution in [0.2, 0.25) is 0 Å². The zero-order valence-corrected chi connectivity index (χ0v) is 18.4. The summed E-state index contributed by atoms with van der Waals surface area (Å²) in [6.07, 6.45) is -5.49. The van der Waals surface area contributed by atoms with E-state index in [0.717, 1.165) is 15.3 Å². The monoisotopic (exact) mass is 512 g/mol. The van der Waals surface area contributed by atoms with E-state index in [9.17, 15) is 38.4 Å². The van der Waals surface area contributed by atoms with E-state index < -0.39 is 65.7 Å². The van der Waals surface area contributed by atoms with Gasteiger partial charge in [-0.2, -0.15) is 8.62 Å². The lowest BCUT2D eigenvalue weighted by Crippen LogP contribution is -2.40. The van der Waals surface area contributed by atoms with E-state index in [4.69, 9.17) is 19.4 Å². The number of nitrogens with zero attached hydrogens (tertiary/aromatic N) is 2. The topological polar surface area (TPSA) is 254 Å². The Morgan fingerprint density at radius 1 is 1.00 bits per heavy atom. The van der Waals surface area contributed by atoms with Gasteiger partial charge in [0.2, 0.25) is 0 Å². The fraction of sp³-hybridized carbons (Fsp3) is 0.636. The van der Waals surface area contributed by atoms with E-state index >= 15 is 0 Å². The number of phosphoric ester groups is 1. The Balaban J connectivity index is 2.14. The molecule has 0 amide bonds. The Labute approximate surface area is 172 Å². The molecular weight excluding hydrogens is 493 g/mol. The number of aryl methyl sites for hydroxylation is 1. The lowest BCUT2D eigenvalue weighted by Gasteiger charge is -2.19. The second kappa shape index (κ2) is 9.08. The van der Waals surface area contributed by atoms with Crippen LogP contribution < -0.4 is 11.2 Å². The lowest BCUT2D eigenvalue weighted by atomic mass is 10.0. The summed E-state index contributed by atoms with van der Waals surface area (Å²) in [6, 6.07) is 0. The number of rotatable bonds is 8. The predicted octanol–water partition coefficient (Wildman–Crippen LogP) is -2.41. The summed E-state index contributed by atoms with van der Waals surface area (Å²) in [5.41, 5.74) is -1.74. The molecule has 1 aliphatic heterocycles. The van der Waals surface area contributed by atoms with E-state index in [1.807, 2.05) is 0 Å². The van der Waals surface area contributed by atoms with Crippen LogP contribution in [0.25, 0.3) is 0 Å². The molecule has 0 radical (unpaired) electrons. The SMILES string of the molecule is Cn1cc([C@@H]2O[C@H](COP(=O)(O)OP(=O)(O)OP(=O)(O)O)C(O)[C@@H]2O)c(=O)n(C)c1=O. The van der Waals surface area contributed by atoms with Crippen molar-refractivity contribution in [2.75, 3.05) is 6.61 Å². The van der Waals surface area contributed by atoms with Crippen molar-refractivity contribution in [3.63, 3.8) is 0 Å². The van der Waals surface area contributed by atoms with Crippen molar-refractivity contribution < 1.29 is 61.4 Å². The van der Waals surface area contributed by atoms with Gasteiger partial charge in [-0.05, 0) is 0 Å². The van der Waals surface area contributed by atoms with Crippen molar-refractivity contribution in [2.45, 2.75) is 24.4 Å². The van der Waals surface area contributed by atoms with Gasteiger partial charge < -0.3 is 39.1 Å². The van der Waals surface area contributed by atoms with Crippen LogP contribution in [-0.2, 0) is 45.7 Å². The molecule has 1 saturated heterocycles. The highest BCUT2D eigenvalue weighted by Gasteiger charge is 2.47. The average molecular weight is 512 g/mol. The number of aliphatic hydroxyl groups excluding tert-OH is 2. The third-order valence-corrected chi connectivity index (χ3v) is 7.76.